The van der Waals surface area contributed by atoms with Crippen LogP contribution in [0, 0.1) is 17.0 Å². The van der Waals surface area contributed by atoms with Crippen molar-refractivity contribution in [2.75, 3.05) is 6.54 Å². The summed E-state index contributed by atoms with van der Waals surface area (Å²) in [7, 11) is 0. The molecule has 0 aromatic heterocycles. The largest absolute Gasteiger partial charge is 0.338 e. The van der Waals surface area contributed by atoms with Crippen LogP contribution in [-0.2, 0) is 11.3 Å². The van der Waals surface area contributed by atoms with Crippen LogP contribution in [0.1, 0.15) is 39.7 Å². The van der Waals surface area contributed by atoms with Gasteiger partial charge >= 0.3 is 0 Å². The first-order valence-corrected chi connectivity index (χ1v) is 6.55. The molecule has 1 amide bonds. The Balaban J connectivity index is 2.91. The van der Waals surface area contributed by atoms with Crippen molar-refractivity contribution >= 4 is 5.91 Å². The highest BCUT2D eigenvalue weighted by Gasteiger charge is 2.29. The molecule has 0 bridgehead atoms. The molecule has 1 aromatic carbocycles. The maximum atomic E-state index is 13.6. The van der Waals surface area contributed by atoms with Crippen molar-refractivity contribution in [3.05, 3.63) is 35.4 Å². The predicted molar refractivity (Wildman–Crippen MR) is 71.5 cm³/mol. The van der Waals surface area contributed by atoms with Crippen LogP contribution in [0.4, 0.5) is 8.78 Å². The number of carbonyl (C=O) groups is 1. The fourth-order valence-electron chi connectivity index (χ4n) is 1.76. The van der Waals surface area contributed by atoms with Crippen LogP contribution in [0.5, 0.6) is 0 Å². The van der Waals surface area contributed by atoms with E-state index in [1.807, 2.05) is 27.7 Å². The van der Waals surface area contributed by atoms with Crippen molar-refractivity contribution in [3.63, 3.8) is 0 Å². The number of halogens is 2. The summed E-state index contributed by atoms with van der Waals surface area (Å²) >= 11 is 0. The Morgan fingerprint density at radius 3 is 2.37 bits per heavy atom. The topological polar surface area (TPSA) is 20.3 Å². The summed E-state index contributed by atoms with van der Waals surface area (Å²) in [6, 6.07) is 3.44. The molecule has 1 rings (SSSR count). The second-order valence-electron chi connectivity index (χ2n) is 5.29. The van der Waals surface area contributed by atoms with Crippen molar-refractivity contribution in [2.45, 2.75) is 40.7 Å². The van der Waals surface area contributed by atoms with Gasteiger partial charge in [-0.05, 0) is 19.4 Å². The predicted octanol–water partition coefficient (Wildman–Crippen LogP) is 3.75. The van der Waals surface area contributed by atoms with Crippen molar-refractivity contribution in [1.29, 1.82) is 0 Å². The minimum Gasteiger partial charge on any atom is -0.338 e. The number of hydrogen-bond acceptors (Lipinski definition) is 1. The van der Waals surface area contributed by atoms with Crippen LogP contribution in [0.25, 0.3) is 0 Å². The number of amides is 1. The summed E-state index contributed by atoms with van der Waals surface area (Å²) in [6.45, 7) is 8.22. The molecule has 0 aliphatic rings. The first kappa shape index (κ1) is 15.6. The number of rotatable bonds is 5. The van der Waals surface area contributed by atoms with E-state index < -0.39 is 17.0 Å². The Kier molecular flexibility index (Phi) is 5.04. The van der Waals surface area contributed by atoms with Gasteiger partial charge in [-0.1, -0.05) is 26.8 Å². The summed E-state index contributed by atoms with van der Waals surface area (Å²) in [4.78, 5) is 13.9. The highest BCUT2D eigenvalue weighted by molar-refractivity contribution is 5.81. The monoisotopic (exact) mass is 269 g/mol. The highest BCUT2D eigenvalue weighted by Crippen LogP contribution is 2.24. The third kappa shape index (κ3) is 3.75. The molecule has 0 heterocycles. The highest BCUT2D eigenvalue weighted by atomic mass is 19.1. The quantitative estimate of drug-likeness (QED) is 0.797. The van der Waals surface area contributed by atoms with Gasteiger partial charge in [-0.2, -0.15) is 0 Å². The van der Waals surface area contributed by atoms with E-state index in [2.05, 4.69) is 0 Å². The smallest absolute Gasteiger partial charge is 0.228 e. The van der Waals surface area contributed by atoms with Gasteiger partial charge < -0.3 is 4.90 Å². The van der Waals surface area contributed by atoms with Gasteiger partial charge in [-0.3, -0.25) is 4.79 Å². The lowest BCUT2D eigenvalue weighted by Gasteiger charge is -2.30. The van der Waals surface area contributed by atoms with Gasteiger partial charge in [0, 0.05) is 30.1 Å². The molecule has 4 heteroatoms. The molecule has 19 heavy (non-hydrogen) atoms. The lowest BCUT2D eigenvalue weighted by molar-refractivity contribution is -0.141. The van der Waals surface area contributed by atoms with E-state index in [-0.39, 0.29) is 12.5 Å². The number of carbonyl (C=O) groups excluding carboxylic acids is 1. The van der Waals surface area contributed by atoms with E-state index in [9.17, 15) is 13.6 Å². The zero-order valence-corrected chi connectivity index (χ0v) is 12.0. The van der Waals surface area contributed by atoms with Crippen molar-refractivity contribution < 1.29 is 13.6 Å². The van der Waals surface area contributed by atoms with Gasteiger partial charge in [0.25, 0.3) is 0 Å². The number of nitrogens with zero attached hydrogens (tertiary/aromatic N) is 1. The lowest BCUT2D eigenvalue weighted by Crippen LogP contribution is -2.40. The average Bonchev–Trinajstić information content (AvgIpc) is 2.37. The Morgan fingerprint density at radius 2 is 1.89 bits per heavy atom. The maximum Gasteiger partial charge on any atom is 0.228 e. The summed E-state index contributed by atoms with van der Waals surface area (Å²) < 4.78 is 26.5. The van der Waals surface area contributed by atoms with Crippen molar-refractivity contribution in [1.82, 2.24) is 4.90 Å². The van der Waals surface area contributed by atoms with Crippen molar-refractivity contribution in [3.8, 4) is 0 Å². The van der Waals surface area contributed by atoms with Gasteiger partial charge in [-0.15, -0.1) is 0 Å². The second-order valence-corrected chi connectivity index (χ2v) is 5.29. The van der Waals surface area contributed by atoms with E-state index in [0.29, 0.717) is 18.5 Å². The van der Waals surface area contributed by atoms with Gasteiger partial charge in [0.15, 0.2) is 0 Å². The van der Waals surface area contributed by atoms with Gasteiger partial charge in [0.05, 0.1) is 0 Å². The molecule has 2 nitrogen and oxygen atoms in total. The van der Waals surface area contributed by atoms with Crippen LogP contribution in [0.3, 0.4) is 0 Å². The molecule has 0 N–H and O–H groups in total. The fraction of sp³-hybridized carbons (Fsp3) is 0.533. The van der Waals surface area contributed by atoms with Gasteiger partial charge in [-0.25, -0.2) is 8.78 Å². The molecular weight excluding hydrogens is 248 g/mol. The van der Waals surface area contributed by atoms with E-state index >= 15 is 0 Å². The summed E-state index contributed by atoms with van der Waals surface area (Å²) in [5, 5.41) is 0. The third-order valence-electron chi connectivity index (χ3n) is 3.51. The molecule has 0 atom stereocenters. The Hall–Kier alpha value is -1.45. The van der Waals surface area contributed by atoms with E-state index in [1.165, 1.54) is 12.1 Å². The molecule has 106 valence electrons. The number of hydrogen-bond donors (Lipinski definition) is 0. The van der Waals surface area contributed by atoms with E-state index in [0.717, 1.165) is 6.07 Å². The zero-order valence-electron chi connectivity index (χ0n) is 12.0. The third-order valence-corrected chi connectivity index (χ3v) is 3.51. The van der Waals surface area contributed by atoms with Crippen LogP contribution in [0.15, 0.2) is 18.2 Å². The first-order valence-electron chi connectivity index (χ1n) is 6.55. The van der Waals surface area contributed by atoms with Crippen molar-refractivity contribution in [2.24, 2.45) is 5.41 Å². The second kappa shape index (κ2) is 6.13. The van der Waals surface area contributed by atoms with Gasteiger partial charge in [0.1, 0.15) is 11.6 Å². The van der Waals surface area contributed by atoms with Crippen LogP contribution in [-0.4, -0.2) is 17.4 Å². The lowest BCUT2D eigenvalue weighted by atomic mass is 9.88. The van der Waals surface area contributed by atoms with Crippen LogP contribution < -0.4 is 0 Å². The fourth-order valence-corrected chi connectivity index (χ4v) is 1.76. The molecule has 0 spiro atoms. The minimum absolute atomic E-state index is 0.0128. The van der Waals surface area contributed by atoms with E-state index in [1.54, 1.807) is 4.90 Å². The molecule has 0 unspecified atom stereocenters. The summed E-state index contributed by atoms with van der Waals surface area (Å²) in [6.07, 6.45) is 0.717. The zero-order chi connectivity index (χ0) is 14.6. The van der Waals surface area contributed by atoms with E-state index in [4.69, 9.17) is 0 Å². The Bertz CT molecular complexity index is 457. The molecule has 1 aromatic rings. The summed E-state index contributed by atoms with van der Waals surface area (Å²) in [5.41, 5.74) is -0.129. The average molecular weight is 269 g/mol. The molecule has 0 saturated carbocycles. The first-order chi connectivity index (χ1) is 8.81. The molecule has 0 saturated heterocycles. The SMILES string of the molecule is CCN(Cc1ccc(F)cc1F)C(=O)C(C)(C)CC. The minimum atomic E-state index is -0.611. The molecule has 0 fully saturated rings. The van der Waals surface area contributed by atoms with Gasteiger partial charge in [0.2, 0.25) is 5.91 Å². The maximum absolute atomic E-state index is 13.6. The molecular formula is C15H21F2NO. The molecule has 0 aliphatic carbocycles. The molecule has 0 aliphatic heterocycles. The normalized spacial score (nSPS) is 11.5. The standard InChI is InChI=1S/C15H21F2NO/c1-5-15(3,4)14(19)18(6-2)10-11-7-8-12(16)9-13(11)17/h7-9H,5-6,10H2,1-4H3. The summed E-state index contributed by atoms with van der Waals surface area (Å²) in [5.74, 6) is -1.23. The molecule has 0 radical (unpaired) electrons. The Morgan fingerprint density at radius 1 is 1.26 bits per heavy atom. The Labute approximate surface area is 113 Å². The van der Waals surface area contributed by atoms with Crippen LogP contribution >= 0.6 is 0 Å². The number of benzene rings is 1. The van der Waals surface area contributed by atoms with Crippen LogP contribution in [0.2, 0.25) is 0 Å².